The van der Waals surface area contributed by atoms with E-state index in [0.717, 1.165) is 52.9 Å². The van der Waals surface area contributed by atoms with Crippen LogP contribution in [0.25, 0.3) is 22.5 Å². The van der Waals surface area contributed by atoms with E-state index < -0.39 is 0 Å². The van der Waals surface area contributed by atoms with Crippen molar-refractivity contribution in [3.63, 3.8) is 0 Å². The zero-order valence-corrected chi connectivity index (χ0v) is 20.0. The number of nitrogens with zero attached hydrogens (tertiary/aromatic N) is 6. The summed E-state index contributed by atoms with van der Waals surface area (Å²) in [5.74, 6) is 0.508. The highest BCUT2D eigenvalue weighted by atomic mass is 16.2. The lowest BCUT2D eigenvalue weighted by Gasteiger charge is -2.21. The average molecular weight is 446 g/mol. The Morgan fingerprint density at radius 2 is 1.82 bits per heavy atom. The molecule has 8 heteroatoms. The molecule has 0 atom stereocenters. The Labute approximate surface area is 193 Å². The van der Waals surface area contributed by atoms with Crippen LogP contribution in [0.3, 0.4) is 0 Å². The molecule has 0 amide bonds. The summed E-state index contributed by atoms with van der Waals surface area (Å²) in [6, 6.07) is 10.2. The lowest BCUT2D eigenvalue weighted by molar-refractivity contribution is 0.373. The van der Waals surface area contributed by atoms with Crippen molar-refractivity contribution in [2.45, 2.75) is 66.0 Å². The van der Waals surface area contributed by atoms with Gasteiger partial charge in [-0.2, -0.15) is 5.21 Å². The van der Waals surface area contributed by atoms with Crippen LogP contribution in [0.5, 0.6) is 0 Å². The van der Waals surface area contributed by atoms with Gasteiger partial charge in [-0.25, -0.2) is 4.79 Å². The molecule has 3 aromatic heterocycles. The predicted octanol–water partition coefficient (Wildman–Crippen LogP) is 4.35. The van der Waals surface area contributed by atoms with Gasteiger partial charge in [-0.05, 0) is 68.5 Å². The third-order valence-corrected chi connectivity index (χ3v) is 5.95. The molecule has 0 fully saturated rings. The van der Waals surface area contributed by atoms with Gasteiger partial charge in [0.2, 0.25) is 5.82 Å². The summed E-state index contributed by atoms with van der Waals surface area (Å²) in [5.41, 5.74) is 5.91. The van der Waals surface area contributed by atoms with Crippen molar-refractivity contribution in [2.24, 2.45) is 0 Å². The standard InChI is InChI=1S/C25H31N7O/c1-6-7-8-22-17(2)32(25(3,4)5)24(33)31(22)16-18-9-11-19(12-10-18)20-13-14-26-15-21(20)23-27-29-30-28-23/h9-15H,6-8,16H2,1-5H3,(H,27,28,29,30). The van der Waals surface area contributed by atoms with Crippen molar-refractivity contribution in [3.8, 4) is 22.5 Å². The number of hydrogen-bond acceptors (Lipinski definition) is 5. The Morgan fingerprint density at radius 1 is 1.06 bits per heavy atom. The van der Waals surface area contributed by atoms with Crippen LogP contribution in [-0.4, -0.2) is 34.7 Å². The maximum Gasteiger partial charge on any atom is 0.329 e. The quantitative estimate of drug-likeness (QED) is 0.456. The second-order valence-electron chi connectivity index (χ2n) is 9.36. The normalized spacial score (nSPS) is 11.8. The van der Waals surface area contributed by atoms with Gasteiger partial charge < -0.3 is 0 Å². The zero-order chi connectivity index (χ0) is 23.6. The van der Waals surface area contributed by atoms with Gasteiger partial charge in [-0.1, -0.05) is 37.6 Å². The smallest absolute Gasteiger partial charge is 0.292 e. The van der Waals surface area contributed by atoms with Crippen LogP contribution in [0.1, 0.15) is 57.5 Å². The van der Waals surface area contributed by atoms with E-state index in [-0.39, 0.29) is 11.2 Å². The molecule has 0 aliphatic heterocycles. The fourth-order valence-electron chi connectivity index (χ4n) is 4.39. The second-order valence-corrected chi connectivity index (χ2v) is 9.36. The first-order valence-corrected chi connectivity index (χ1v) is 11.4. The molecule has 0 aliphatic carbocycles. The van der Waals surface area contributed by atoms with E-state index >= 15 is 0 Å². The molecule has 3 heterocycles. The maximum atomic E-state index is 13.4. The van der Waals surface area contributed by atoms with Crippen LogP contribution in [0.4, 0.5) is 0 Å². The molecule has 8 nitrogen and oxygen atoms in total. The summed E-state index contributed by atoms with van der Waals surface area (Å²) in [5, 5.41) is 14.3. The Balaban J connectivity index is 1.68. The van der Waals surface area contributed by atoms with Crippen molar-refractivity contribution in [1.29, 1.82) is 0 Å². The van der Waals surface area contributed by atoms with Crippen LogP contribution in [0.15, 0.2) is 47.5 Å². The Hall–Kier alpha value is -3.55. The van der Waals surface area contributed by atoms with Crippen molar-refractivity contribution in [1.82, 2.24) is 34.7 Å². The molecule has 4 aromatic rings. The molecule has 0 saturated carbocycles. The molecule has 1 aromatic carbocycles. The van der Waals surface area contributed by atoms with Crippen LogP contribution in [-0.2, 0) is 18.5 Å². The minimum absolute atomic E-state index is 0.0590. The largest absolute Gasteiger partial charge is 0.329 e. The molecule has 0 radical (unpaired) electrons. The van der Waals surface area contributed by atoms with Crippen molar-refractivity contribution in [2.75, 3.05) is 0 Å². The van der Waals surface area contributed by atoms with E-state index in [1.54, 1.807) is 12.4 Å². The number of hydrogen-bond donors (Lipinski definition) is 1. The summed E-state index contributed by atoms with van der Waals surface area (Å²) in [6.45, 7) is 11.1. The average Bonchev–Trinajstić information content (AvgIpc) is 3.40. The number of aromatic nitrogens is 7. The highest BCUT2D eigenvalue weighted by Gasteiger charge is 2.24. The molecular weight excluding hydrogens is 414 g/mol. The van der Waals surface area contributed by atoms with Gasteiger partial charge in [-0.15, -0.1) is 10.2 Å². The Morgan fingerprint density at radius 3 is 2.45 bits per heavy atom. The minimum atomic E-state index is -0.260. The first-order chi connectivity index (χ1) is 15.8. The molecule has 0 spiro atoms. The molecule has 1 N–H and O–H groups in total. The maximum absolute atomic E-state index is 13.4. The zero-order valence-electron chi connectivity index (χ0n) is 20.0. The summed E-state index contributed by atoms with van der Waals surface area (Å²) in [6.07, 6.45) is 6.56. The second kappa shape index (κ2) is 9.13. The third-order valence-electron chi connectivity index (χ3n) is 5.95. The van der Waals surface area contributed by atoms with Crippen LogP contribution >= 0.6 is 0 Å². The van der Waals surface area contributed by atoms with Gasteiger partial charge in [-0.3, -0.25) is 14.1 Å². The molecule has 4 rings (SSSR count). The van der Waals surface area contributed by atoms with E-state index in [4.69, 9.17) is 0 Å². The molecule has 33 heavy (non-hydrogen) atoms. The van der Waals surface area contributed by atoms with Crippen molar-refractivity contribution in [3.05, 3.63) is 70.2 Å². The van der Waals surface area contributed by atoms with Gasteiger partial charge in [0, 0.05) is 34.9 Å². The number of nitrogens with one attached hydrogen (secondary N) is 1. The molecular formula is C25H31N7O. The molecule has 0 unspecified atom stereocenters. The predicted molar refractivity (Wildman–Crippen MR) is 129 cm³/mol. The lowest BCUT2D eigenvalue weighted by atomic mass is 10.00. The number of imidazole rings is 1. The van der Waals surface area contributed by atoms with Crippen LogP contribution < -0.4 is 5.69 Å². The van der Waals surface area contributed by atoms with Gasteiger partial charge in [0.05, 0.1) is 6.54 Å². The summed E-state index contributed by atoms with van der Waals surface area (Å²) < 4.78 is 3.88. The van der Waals surface area contributed by atoms with E-state index in [9.17, 15) is 4.79 Å². The van der Waals surface area contributed by atoms with Gasteiger partial charge >= 0.3 is 5.69 Å². The van der Waals surface area contributed by atoms with Crippen LogP contribution in [0, 0.1) is 6.92 Å². The summed E-state index contributed by atoms with van der Waals surface area (Å²) in [4.78, 5) is 17.6. The first kappa shape index (κ1) is 22.6. The molecule has 0 saturated heterocycles. The topological polar surface area (TPSA) is 94.3 Å². The number of aromatic amines is 1. The van der Waals surface area contributed by atoms with E-state index in [1.165, 1.54) is 0 Å². The minimum Gasteiger partial charge on any atom is -0.292 e. The van der Waals surface area contributed by atoms with Gasteiger partial charge in [0.25, 0.3) is 0 Å². The number of pyridine rings is 1. The fraction of sp³-hybridized carbons (Fsp3) is 0.400. The monoisotopic (exact) mass is 445 g/mol. The van der Waals surface area contributed by atoms with Gasteiger partial charge in [0.15, 0.2) is 0 Å². The van der Waals surface area contributed by atoms with Gasteiger partial charge in [0.1, 0.15) is 0 Å². The molecule has 0 bridgehead atoms. The highest BCUT2D eigenvalue weighted by Crippen LogP contribution is 2.29. The Bertz CT molecular complexity index is 1280. The lowest BCUT2D eigenvalue weighted by Crippen LogP contribution is -2.35. The summed E-state index contributed by atoms with van der Waals surface area (Å²) in [7, 11) is 0. The Kier molecular flexibility index (Phi) is 6.26. The van der Waals surface area contributed by atoms with Crippen LogP contribution in [0.2, 0.25) is 0 Å². The van der Waals surface area contributed by atoms with Crippen molar-refractivity contribution >= 4 is 0 Å². The number of unbranched alkanes of at least 4 members (excludes halogenated alkanes) is 1. The fourth-order valence-corrected chi connectivity index (χ4v) is 4.39. The van der Waals surface area contributed by atoms with E-state index in [2.05, 4.69) is 84.5 Å². The number of benzene rings is 1. The molecule has 172 valence electrons. The number of rotatable bonds is 7. The molecule has 0 aliphatic rings. The highest BCUT2D eigenvalue weighted by molar-refractivity contribution is 5.79. The number of tetrazole rings is 1. The first-order valence-electron chi connectivity index (χ1n) is 11.4. The third kappa shape index (κ3) is 4.51. The SMILES string of the molecule is CCCCc1c(C)n(C(C)(C)C)c(=O)n1Cc1ccc(-c2ccncc2-c2nn[nH]n2)cc1. The van der Waals surface area contributed by atoms with Crippen molar-refractivity contribution < 1.29 is 0 Å². The number of H-pyrrole nitrogens is 1. The van der Waals surface area contributed by atoms with E-state index in [0.29, 0.717) is 12.4 Å². The summed E-state index contributed by atoms with van der Waals surface area (Å²) >= 11 is 0. The van der Waals surface area contributed by atoms with E-state index in [1.807, 2.05) is 15.2 Å².